The maximum atomic E-state index is 5.78. The molecule has 0 aliphatic carbocycles. The van der Waals surface area contributed by atoms with Crippen molar-refractivity contribution in [2.24, 2.45) is 0 Å². The van der Waals surface area contributed by atoms with Crippen molar-refractivity contribution in [2.45, 2.75) is 19.4 Å². The van der Waals surface area contributed by atoms with E-state index in [0.717, 1.165) is 54.4 Å². The van der Waals surface area contributed by atoms with Gasteiger partial charge in [0.2, 0.25) is 5.95 Å². The molecule has 5 rings (SSSR count). The van der Waals surface area contributed by atoms with Gasteiger partial charge >= 0.3 is 0 Å². The molecule has 9 heteroatoms. The largest absolute Gasteiger partial charge is 0.384 e. The minimum absolute atomic E-state index is 0.494. The predicted molar refractivity (Wildman–Crippen MR) is 112 cm³/mol. The lowest BCUT2D eigenvalue weighted by Crippen LogP contribution is -2.37. The number of ether oxygens (including phenoxy) is 1. The summed E-state index contributed by atoms with van der Waals surface area (Å²) in [7, 11) is 0. The van der Waals surface area contributed by atoms with Crippen LogP contribution in [0, 0.1) is 0 Å². The van der Waals surface area contributed by atoms with Gasteiger partial charge in [0.15, 0.2) is 5.65 Å². The van der Waals surface area contributed by atoms with Crippen molar-refractivity contribution in [1.29, 1.82) is 0 Å². The molecule has 0 aromatic carbocycles. The summed E-state index contributed by atoms with van der Waals surface area (Å²) in [6.07, 6.45) is 6.21. The first-order valence-corrected chi connectivity index (χ1v) is 10.3. The number of anilines is 2. The number of rotatable bonds is 5. The first-order valence-electron chi connectivity index (χ1n) is 10.3. The second-order valence-electron chi connectivity index (χ2n) is 7.60. The van der Waals surface area contributed by atoms with E-state index in [0.29, 0.717) is 19.0 Å². The highest BCUT2D eigenvalue weighted by atomic mass is 16.5. The van der Waals surface area contributed by atoms with E-state index in [2.05, 4.69) is 19.9 Å². The third-order valence-electron chi connectivity index (χ3n) is 5.66. The third kappa shape index (κ3) is 3.75. The number of nitrogens with zero attached hydrogens (tertiary/aromatic N) is 7. The molecule has 0 amide bonds. The molecule has 2 aliphatic rings. The Bertz CT molecular complexity index is 974. The van der Waals surface area contributed by atoms with Crippen LogP contribution in [0.1, 0.15) is 12.8 Å². The molecular formula is C20H26N8O. The number of likely N-dealkylation sites (tertiary alicyclic amines) is 1. The summed E-state index contributed by atoms with van der Waals surface area (Å²) < 4.78 is 7.50. The SMILES string of the molecule is Nc1ccc(-c2nc(N3CCOCC3)nc3c2cnn3CCN2CCCC2)cn1. The summed E-state index contributed by atoms with van der Waals surface area (Å²) in [5, 5.41) is 5.59. The second-order valence-corrected chi connectivity index (χ2v) is 7.60. The molecule has 9 nitrogen and oxygen atoms in total. The zero-order chi connectivity index (χ0) is 19.6. The van der Waals surface area contributed by atoms with Crippen LogP contribution in [0.3, 0.4) is 0 Å². The number of aromatic nitrogens is 5. The van der Waals surface area contributed by atoms with Crippen LogP contribution < -0.4 is 10.6 Å². The van der Waals surface area contributed by atoms with Crippen LogP contribution in [0.25, 0.3) is 22.3 Å². The van der Waals surface area contributed by atoms with Gasteiger partial charge in [-0.15, -0.1) is 0 Å². The van der Waals surface area contributed by atoms with Crippen LogP contribution in [-0.4, -0.2) is 75.6 Å². The number of pyridine rings is 1. The van der Waals surface area contributed by atoms with Gasteiger partial charge in [-0.2, -0.15) is 10.1 Å². The van der Waals surface area contributed by atoms with Gasteiger partial charge in [-0.1, -0.05) is 0 Å². The number of nitrogens with two attached hydrogens (primary N) is 1. The first-order chi connectivity index (χ1) is 14.3. The highest BCUT2D eigenvalue weighted by Crippen LogP contribution is 2.28. The summed E-state index contributed by atoms with van der Waals surface area (Å²) in [4.78, 5) is 18.7. The van der Waals surface area contributed by atoms with Crippen LogP contribution in [0.2, 0.25) is 0 Å². The van der Waals surface area contributed by atoms with Gasteiger partial charge in [0.05, 0.1) is 37.0 Å². The van der Waals surface area contributed by atoms with E-state index in [1.807, 2.05) is 16.9 Å². The van der Waals surface area contributed by atoms with Crippen molar-refractivity contribution < 1.29 is 4.74 Å². The predicted octanol–water partition coefficient (Wildman–Crippen LogP) is 1.40. The van der Waals surface area contributed by atoms with Crippen molar-refractivity contribution in [3.8, 4) is 11.3 Å². The molecule has 0 unspecified atom stereocenters. The Labute approximate surface area is 169 Å². The topological polar surface area (TPSA) is 98.2 Å². The molecule has 2 aliphatic heterocycles. The Morgan fingerprint density at radius 3 is 2.55 bits per heavy atom. The van der Waals surface area contributed by atoms with E-state index in [1.165, 1.54) is 25.9 Å². The first kappa shape index (κ1) is 18.3. The van der Waals surface area contributed by atoms with Crippen molar-refractivity contribution >= 4 is 22.8 Å². The van der Waals surface area contributed by atoms with Crippen LogP contribution in [0.5, 0.6) is 0 Å². The molecule has 0 atom stereocenters. The fourth-order valence-corrected chi connectivity index (χ4v) is 4.02. The number of fused-ring (bicyclic) bond motifs is 1. The van der Waals surface area contributed by atoms with Crippen LogP contribution in [0.4, 0.5) is 11.8 Å². The van der Waals surface area contributed by atoms with Crippen LogP contribution in [0.15, 0.2) is 24.5 Å². The Morgan fingerprint density at radius 1 is 0.966 bits per heavy atom. The van der Waals surface area contributed by atoms with Crippen molar-refractivity contribution in [2.75, 3.05) is 56.6 Å². The van der Waals surface area contributed by atoms with Gasteiger partial charge in [0.1, 0.15) is 5.82 Å². The number of hydrogen-bond acceptors (Lipinski definition) is 8. The average Bonchev–Trinajstić information content (AvgIpc) is 3.42. The van der Waals surface area contributed by atoms with E-state index in [9.17, 15) is 0 Å². The summed E-state index contributed by atoms with van der Waals surface area (Å²) in [6.45, 7) is 7.11. The molecule has 3 aromatic heterocycles. The molecule has 29 heavy (non-hydrogen) atoms. The van der Waals surface area contributed by atoms with E-state index >= 15 is 0 Å². The number of nitrogen functional groups attached to an aromatic ring is 1. The zero-order valence-electron chi connectivity index (χ0n) is 16.5. The number of morpholine rings is 1. The molecule has 3 aromatic rings. The molecule has 2 saturated heterocycles. The minimum atomic E-state index is 0.494. The lowest BCUT2D eigenvalue weighted by molar-refractivity contribution is 0.122. The molecule has 0 bridgehead atoms. The van der Waals surface area contributed by atoms with Gasteiger partial charge < -0.3 is 20.3 Å². The van der Waals surface area contributed by atoms with E-state index in [1.54, 1.807) is 12.3 Å². The zero-order valence-corrected chi connectivity index (χ0v) is 16.5. The molecule has 152 valence electrons. The fourth-order valence-electron chi connectivity index (χ4n) is 4.02. The molecule has 2 fully saturated rings. The Balaban J connectivity index is 1.55. The molecule has 0 radical (unpaired) electrons. The Hall–Kier alpha value is -2.78. The van der Waals surface area contributed by atoms with E-state index in [-0.39, 0.29) is 0 Å². The molecule has 2 N–H and O–H groups in total. The number of hydrogen-bond donors (Lipinski definition) is 1. The van der Waals surface area contributed by atoms with Gasteiger partial charge in [0.25, 0.3) is 0 Å². The summed E-state index contributed by atoms with van der Waals surface area (Å²) >= 11 is 0. The monoisotopic (exact) mass is 394 g/mol. The summed E-state index contributed by atoms with van der Waals surface area (Å²) in [6, 6.07) is 3.75. The maximum Gasteiger partial charge on any atom is 0.228 e. The lowest BCUT2D eigenvalue weighted by atomic mass is 10.1. The third-order valence-corrected chi connectivity index (χ3v) is 5.66. The van der Waals surface area contributed by atoms with Gasteiger partial charge in [-0.3, -0.25) is 0 Å². The highest BCUT2D eigenvalue weighted by molar-refractivity contribution is 5.91. The molecule has 5 heterocycles. The van der Waals surface area contributed by atoms with E-state index in [4.69, 9.17) is 20.4 Å². The highest BCUT2D eigenvalue weighted by Gasteiger charge is 2.20. The van der Waals surface area contributed by atoms with Gasteiger partial charge in [-0.25, -0.2) is 14.6 Å². The fraction of sp³-hybridized carbons (Fsp3) is 0.500. The minimum Gasteiger partial charge on any atom is -0.384 e. The Kier molecular flexibility index (Phi) is 4.99. The molecule has 0 saturated carbocycles. The standard InChI is InChI=1S/C20H26N8O/c21-17-4-3-15(13-22-17)18-16-14-23-28(8-7-26-5-1-2-6-26)19(16)25-20(24-18)27-9-11-29-12-10-27/h3-4,13-14H,1-2,5-12H2,(H2,21,22). The van der Waals surface area contributed by atoms with E-state index < -0.39 is 0 Å². The van der Waals surface area contributed by atoms with Crippen LogP contribution in [-0.2, 0) is 11.3 Å². The average molecular weight is 394 g/mol. The molecular weight excluding hydrogens is 368 g/mol. The van der Waals surface area contributed by atoms with Gasteiger partial charge in [-0.05, 0) is 38.1 Å². The normalized spacial score (nSPS) is 18.0. The smallest absolute Gasteiger partial charge is 0.228 e. The van der Waals surface area contributed by atoms with Crippen molar-refractivity contribution in [3.63, 3.8) is 0 Å². The maximum absolute atomic E-state index is 5.78. The van der Waals surface area contributed by atoms with Crippen molar-refractivity contribution in [3.05, 3.63) is 24.5 Å². The van der Waals surface area contributed by atoms with Gasteiger partial charge in [0, 0.05) is 31.4 Å². The second kappa shape index (κ2) is 7.92. The summed E-state index contributed by atoms with van der Waals surface area (Å²) in [5.41, 5.74) is 8.41. The lowest BCUT2D eigenvalue weighted by Gasteiger charge is -2.27. The van der Waals surface area contributed by atoms with Crippen LogP contribution >= 0.6 is 0 Å². The Morgan fingerprint density at radius 2 is 1.79 bits per heavy atom. The van der Waals surface area contributed by atoms with Crippen molar-refractivity contribution in [1.82, 2.24) is 29.6 Å². The quantitative estimate of drug-likeness (QED) is 0.693. The molecule has 0 spiro atoms. The summed E-state index contributed by atoms with van der Waals surface area (Å²) in [5.74, 6) is 1.21.